The highest BCUT2D eigenvalue weighted by Gasteiger charge is 2.19. The lowest BCUT2D eigenvalue weighted by Gasteiger charge is -2.12. The third-order valence-electron chi connectivity index (χ3n) is 6.31. The van der Waals surface area contributed by atoms with E-state index in [1.54, 1.807) is 72.8 Å². The summed E-state index contributed by atoms with van der Waals surface area (Å²) in [5.41, 5.74) is 2.03. The van der Waals surface area contributed by atoms with E-state index in [0.717, 1.165) is 11.3 Å². The van der Waals surface area contributed by atoms with E-state index in [1.807, 2.05) is 17.5 Å². The van der Waals surface area contributed by atoms with E-state index in [-0.39, 0.29) is 28.6 Å². The zero-order valence-corrected chi connectivity index (χ0v) is 26.2. The molecule has 0 aliphatic rings. The van der Waals surface area contributed by atoms with Crippen molar-refractivity contribution >= 4 is 75.0 Å². The molecule has 0 saturated heterocycles. The normalized spacial score (nSPS) is 11.0. The molecule has 0 fully saturated rings. The van der Waals surface area contributed by atoms with Crippen LogP contribution in [0.25, 0.3) is 17.3 Å². The molecule has 4 aromatic carbocycles. The van der Waals surface area contributed by atoms with Gasteiger partial charge in [0.1, 0.15) is 5.70 Å². The average molecular weight is 670 g/mol. The number of thioether (sulfide) groups is 1. The lowest BCUT2D eigenvalue weighted by Crippen LogP contribution is -2.30. The number of nitrogens with one attached hydrogen (secondary N) is 3. The Morgan fingerprint density at radius 3 is 2.41 bits per heavy atom. The van der Waals surface area contributed by atoms with Crippen molar-refractivity contribution < 1.29 is 19.3 Å². The van der Waals surface area contributed by atoms with E-state index in [1.165, 1.54) is 47.4 Å². The van der Waals surface area contributed by atoms with Gasteiger partial charge >= 0.3 is 0 Å². The van der Waals surface area contributed by atoms with Gasteiger partial charge in [0.2, 0.25) is 5.91 Å². The number of hydrogen-bond acceptors (Lipinski definition) is 8. The first-order valence-corrected chi connectivity index (χ1v) is 15.9. The largest absolute Gasteiger partial charge is 0.321 e. The summed E-state index contributed by atoms with van der Waals surface area (Å²) in [5, 5.41) is 22.6. The van der Waals surface area contributed by atoms with Crippen molar-refractivity contribution in [2.24, 2.45) is 0 Å². The number of nitro benzene ring substituents is 1. The fourth-order valence-electron chi connectivity index (χ4n) is 4.12. The monoisotopic (exact) mass is 669 g/mol. The number of nitrogens with zero attached hydrogens (tertiary/aromatic N) is 2. The zero-order valence-electron chi connectivity index (χ0n) is 23.8. The van der Waals surface area contributed by atoms with Crippen molar-refractivity contribution in [2.45, 2.75) is 4.90 Å². The smallest absolute Gasteiger partial charge is 0.276 e. The predicted molar refractivity (Wildman–Crippen MR) is 182 cm³/mol. The van der Waals surface area contributed by atoms with Crippen LogP contribution in [0.2, 0.25) is 5.02 Å². The Bertz CT molecular complexity index is 1930. The molecule has 13 heteroatoms. The van der Waals surface area contributed by atoms with Crippen LogP contribution in [-0.4, -0.2) is 33.4 Å². The molecule has 3 amide bonds. The first kappa shape index (κ1) is 32.1. The minimum absolute atomic E-state index is 0.0865. The Morgan fingerprint density at radius 2 is 1.65 bits per heavy atom. The molecule has 1 aromatic heterocycles. The zero-order chi connectivity index (χ0) is 32.5. The molecule has 0 spiro atoms. The van der Waals surface area contributed by atoms with Crippen LogP contribution in [0.4, 0.5) is 16.5 Å². The van der Waals surface area contributed by atoms with E-state index >= 15 is 0 Å². The number of nitro groups is 1. The lowest BCUT2D eigenvalue weighted by molar-refractivity contribution is -0.385. The standard InChI is InChI=1S/C33H24ClN5O5S2/c34-24-15-13-21(14-16-24)28-19-46-33(37-28)38-30(40)20-45-26-11-6-10-25(18-26)35-32(42)27(36-31(41)22-7-2-1-3-8-22)17-23-9-4-5-12-29(23)39(43)44/h1-19H,20H2,(H,35,42)(H,36,41)(H,37,38,40)/b27-17+. The number of anilines is 2. The number of carbonyl (C=O) groups excluding carboxylic acids is 3. The molecule has 0 radical (unpaired) electrons. The first-order chi connectivity index (χ1) is 22.2. The molecular weight excluding hydrogens is 646 g/mol. The van der Waals surface area contributed by atoms with Gasteiger partial charge in [-0.1, -0.05) is 60.1 Å². The van der Waals surface area contributed by atoms with Gasteiger partial charge in [0.05, 0.1) is 21.9 Å². The summed E-state index contributed by atoms with van der Waals surface area (Å²) in [5.74, 6) is -1.42. The highest BCUT2D eigenvalue weighted by Crippen LogP contribution is 2.27. The molecule has 1 heterocycles. The van der Waals surface area contributed by atoms with Gasteiger partial charge in [-0.05, 0) is 54.6 Å². The maximum absolute atomic E-state index is 13.4. The number of hydrogen-bond donors (Lipinski definition) is 3. The molecule has 0 unspecified atom stereocenters. The van der Waals surface area contributed by atoms with Gasteiger partial charge in [-0.25, -0.2) is 4.98 Å². The SMILES string of the molecule is O=C(CSc1cccc(NC(=O)/C(=C\c2ccccc2[N+](=O)[O-])NC(=O)c2ccccc2)c1)Nc1nc(-c2ccc(Cl)cc2)cs1. The second kappa shape index (κ2) is 15.1. The molecular formula is C33H24ClN5O5S2. The minimum atomic E-state index is -0.692. The fraction of sp³-hybridized carbons (Fsp3) is 0.0303. The van der Waals surface area contributed by atoms with Crippen molar-refractivity contribution in [2.75, 3.05) is 16.4 Å². The molecule has 5 aromatic rings. The van der Waals surface area contributed by atoms with Crippen LogP contribution >= 0.6 is 34.7 Å². The maximum Gasteiger partial charge on any atom is 0.276 e. The Balaban J connectivity index is 1.26. The molecule has 3 N–H and O–H groups in total. The van der Waals surface area contributed by atoms with E-state index in [9.17, 15) is 24.5 Å². The number of halogens is 1. The average Bonchev–Trinajstić information content (AvgIpc) is 3.52. The minimum Gasteiger partial charge on any atom is -0.321 e. The third kappa shape index (κ3) is 8.66. The Kier molecular flexibility index (Phi) is 10.6. The second-order valence-electron chi connectivity index (χ2n) is 9.56. The number of amides is 3. The summed E-state index contributed by atoms with van der Waals surface area (Å²) in [7, 11) is 0. The number of aromatic nitrogens is 1. The number of para-hydroxylation sites is 1. The highest BCUT2D eigenvalue weighted by atomic mass is 35.5. The van der Waals surface area contributed by atoms with Gasteiger partial charge in [0.25, 0.3) is 17.5 Å². The summed E-state index contributed by atoms with van der Waals surface area (Å²) < 4.78 is 0. The van der Waals surface area contributed by atoms with Crippen LogP contribution in [0, 0.1) is 10.1 Å². The summed E-state index contributed by atoms with van der Waals surface area (Å²) in [6.45, 7) is 0. The summed E-state index contributed by atoms with van der Waals surface area (Å²) in [6.07, 6.45) is 1.26. The maximum atomic E-state index is 13.4. The van der Waals surface area contributed by atoms with Crippen LogP contribution in [0.1, 0.15) is 15.9 Å². The number of carbonyl (C=O) groups is 3. The van der Waals surface area contributed by atoms with Crippen molar-refractivity contribution in [3.8, 4) is 11.3 Å². The molecule has 0 atom stereocenters. The summed E-state index contributed by atoms with van der Waals surface area (Å²) in [6, 6.07) is 28.3. The molecule has 230 valence electrons. The topological polar surface area (TPSA) is 143 Å². The fourth-order valence-corrected chi connectivity index (χ4v) is 5.74. The van der Waals surface area contributed by atoms with Crippen molar-refractivity contribution in [3.63, 3.8) is 0 Å². The quantitative estimate of drug-likeness (QED) is 0.0571. The number of rotatable bonds is 11. The van der Waals surface area contributed by atoms with Gasteiger partial charge in [0, 0.05) is 38.2 Å². The second-order valence-corrected chi connectivity index (χ2v) is 11.9. The van der Waals surface area contributed by atoms with Crippen LogP contribution in [-0.2, 0) is 9.59 Å². The molecule has 5 rings (SSSR count). The van der Waals surface area contributed by atoms with Crippen molar-refractivity contribution in [3.05, 3.63) is 140 Å². The van der Waals surface area contributed by atoms with E-state index in [2.05, 4.69) is 20.9 Å². The number of thiazole rings is 1. The van der Waals surface area contributed by atoms with E-state index in [0.29, 0.717) is 26.3 Å². The summed E-state index contributed by atoms with van der Waals surface area (Å²) >= 11 is 8.52. The van der Waals surface area contributed by atoms with Crippen LogP contribution in [0.5, 0.6) is 0 Å². The summed E-state index contributed by atoms with van der Waals surface area (Å²) in [4.78, 5) is 55.2. The molecule has 0 saturated carbocycles. The van der Waals surface area contributed by atoms with Crippen molar-refractivity contribution in [1.29, 1.82) is 0 Å². The van der Waals surface area contributed by atoms with Gasteiger partial charge in [0.15, 0.2) is 5.13 Å². The highest BCUT2D eigenvalue weighted by molar-refractivity contribution is 8.00. The van der Waals surface area contributed by atoms with Crippen molar-refractivity contribution in [1.82, 2.24) is 10.3 Å². The van der Waals surface area contributed by atoms with Crippen LogP contribution in [0.15, 0.2) is 119 Å². The Morgan fingerprint density at radius 1 is 0.913 bits per heavy atom. The van der Waals surface area contributed by atoms with Gasteiger partial charge in [-0.2, -0.15) is 0 Å². The van der Waals surface area contributed by atoms with Gasteiger partial charge < -0.3 is 16.0 Å². The van der Waals surface area contributed by atoms with Crippen LogP contribution < -0.4 is 16.0 Å². The lowest BCUT2D eigenvalue weighted by atomic mass is 10.1. The molecule has 10 nitrogen and oxygen atoms in total. The third-order valence-corrected chi connectivity index (χ3v) is 8.32. The first-order valence-electron chi connectivity index (χ1n) is 13.6. The van der Waals surface area contributed by atoms with Gasteiger partial charge in [-0.3, -0.25) is 24.5 Å². The molecule has 0 bridgehead atoms. The molecule has 46 heavy (non-hydrogen) atoms. The van der Waals surface area contributed by atoms with Gasteiger partial charge in [-0.15, -0.1) is 23.1 Å². The molecule has 0 aliphatic carbocycles. The van der Waals surface area contributed by atoms with E-state index in [4.69, 9.17) is 11.6 Å². The molecule has 0 aliphatic heterocycles. The van der Waals surface area contributed by atoms with Crippen LogP contribution in [0.3, 0.4) is 0 Å². The Hall–Kier alpha value is -5.30. The van der Waals surface area contributed by atoms with E-state index < -0.39 is 16.7 Å². The predicted octanol–water partition coefficient (Wildman–Crippen LogP) is 7.51. The number of benzene rings is 4. The Labute approximate surface area is 276 Å².